The second-order valence-corrected chi connectivity index (χ2v) is 6.53. The van der Waals surface area contributed by atoms with E-state index in [9.17, 15) is 15.0 Å². The van der Waals surface area contributed by atoms with Gasteiger partial charge in [-0.2, -0.15) is 0 Å². The van der Waals surface area contributed by atoms with Crippen molar-refractivity contribution in [3.8, 4) is 0 Å². The van der Waals surface area contributed by atoms with Gasteiger partial charge in [0.1, 0.15) is 0 Å². The average molecular weight is 299 g/mol. The fraction of sp³-hybridized carbons (Fsp3) is 0.938. The molecule has 0 atom stereocenters. The summed E-state index contributed by atoms with van der Waals surface area (Å²) in [5.41, 5.74) is -0.715. The SMILES string of the molecule is CCOC(=O)C1CCC(O)(CN(CCO)C2CCC2)CC1. The lowest BCUT2D eigenvalue weighted by molar-refractivity contribution is -0.151. The van der Waals surface area contributed by atoms with Crippen LogP contribution in [0, 0.1) is 5.92 Å². The second-order valence-electron chi connectivity index (χ2n) is 6.53. The Morgan fingerprint density at radius 3 is 2.43 bits per heavy atom. The van der Waals surface area contributed by atoms with Gasteiger partial charge in [0, 0.05) is 19.1 Å². The topological polar surface area (TPSA) is 70.0 Å². The Kier molecular flexibility index (Phi) is 6.02. The predicted octanol–water partition coefficient (Wildman–Crippen LogP) is 1.32. The number of hydrogen-bond donors (Lipinski definition) is 2. The zero-order chi connectivity index (χ0) is 15.3. The van der Waals surface area contributed by atoms with Crippen LogP contribution in [0.5, 0.6) is 0 Å². The first-order valence-electron chi connectivity index (χ1n) is 8.32. The number of nitrogens with zero attached hydrogens (tertiary/aromatic N) is 1. The summed E-state index contributed by atoms with van der Waals surface area (Å²) in [6, 6.07) is 0.518. The molecule has 5 heteroatoms. The van der Waals surface area contributed by atoms with Crippen molar-refractivity contribution in [2.75, 3.05) is 26.3 Å². The molecular formula is C16H29NO4. The van der Waals surface area contributed by atoms with E-state index in [2.05, 4.69) is 4.90 Å². The molecule has 2 aliphatic rings. The summed E-state index contributed by atoms with van der Waals surface area (Å²) in [4.78, 5) is 14.0. The second kappa shape index (κ2) is 7.56. The summed E-state index contributed by atoms with van der Waals surface area (Å²) in [5.74, 6) is -0.175. The highest BCUT2D eigenvalue weighted by Gasteiger charge is 2.39. The van der Waals surface area contributed by atoms with Crippen LogP contribution in [0.2, 0.25) is 0 Å². The lowest BCUT2D eigenvalue weighted by Crippen LogP contribution is -2.52. The molecule has 0 aliphatic heterocycles. The van der Waals surface area contributed by atoms with Crippen LogP contribution in [0.15, 0.2) is 0 Å². The van der Waals surface area contributed by atoms with Crippen LogP contribution in [0.25, 0.3) is 0 Å². The van der Waals surface area contributed by atoms with Crippen molar-refractivity contribution in [3.63, 3.8) is 0 Å². The standard InChI is InChI=1S/C16H29NO4/c1-2-21-15(19)13-6-8-16(20,9-7-13)12-17(10-11-18)14-4-3-5-14/h13-14,18,20H,2-12H2,1H3. The van der Waals surface area contributed by atoms with Gasteiger partial charge in [0.25, 0.3) is 0 Å². The molecule has 21 heavy (non-hydrogen) atoms. The van der Waals surface area contributed by atoms with Crippen LogP contribution in [0.3, 0.4) is 0 Å². The fourth-order valence-electron chi connectivity index (χ4n) is 3.46. The van der Waals surface area contributed by atoms with Crippen LogP contribution in [0.1, 0.15) is 51.9 Å². The number of esters is 1. The molecule has 0 spiro atoms. The molecule has 2 saturated carbocycles. The third kappa shape index (κ3) is 4.41. The largest absolute Gasteiger partial charge is 0.466 e. The maximum Gasteiger partial charge on any atom is 0.308 e. The summed E-state index contributed by atoms with van der Waals surface area (Å²) >= 11 is 0. The molecule has 0 amide bonds. The first kappa shape index (κ1) is 16.7. The Balaban J connectivity index is 1.84. The molecule has 2 rings (SSSR count). The molecule has 5 nitrogen and oxygen atoms in total. The number of aliphatic hydroxyl groups excluding tert-OH is 1. The van der Waals surface area contributed by atoms with E-state index in [4.69, 9.17) is 4.74 Å². The van der Waals surface area contributed by atoms with Gasteiger partial charge in [0.2, 0.25) is 0 Å². The Morgan fingerprint density at radius 1 is 1.29 bits per heavy atom. The third-order valence-electron chi connectivity index (χ3n) is 5.01. The van der Waals surface area contributed by atoms with E-state index in [0.717, 1.165) is 0 Å². The molecule has 2 N–H and O–H groups in total. The molecule has 0 aromatic rings. The summed E-state index contributed by atoms with van der Waals surface area (Å²) in [7, 11) is 0. The third-order valence-corrected chi connectivity index (χ3v) is 5.01. The molecule has 0 bridgehead atoms. The molecule has 0 unspecified atom stereocenters. The van der Waals surface area contributed by atoms with E-state index in [1.54, 1.807) is 0 Å². The minimum absolute atomic E-state index is 0.0554. The van der Waals surface area contributed by atoms with Crippen LogP contribution >= 0.6 is 0 Å². The fourth-order valence-corrected chi connectivity index (χ4v) is 3.46. The smallest absolute Gasteiger partial charge is 0.308 e. The summed E-state index contributed by atoms with van der Waals surface area (Å²) < 4.78 is 5.07. The van der Waals surface area contributed by atoms with Gasteiger partial charge in [-0.25, -0.2) is 0 Å². The lowest BCUT2D eigenvalue weighted by Gasteiger charge is -2.44. The van der Waals surface area contributed by atoms with Crippen molar-refractivity contribution < 1.29 is 19.7 Å². The van der Waals surface area contributed by atoms with Crippen LogP contribution in [-0.2, 0) is 9.53 Å². The Bertz CT molecular complexity index is 335. The molecule has 2 fully saturated rings. The van der Waals surface area contributed by atoms with Gasteiger partial charge >= 0.3 is 5.97 Å². The zero-order valence-corrected chi connectivity index (χ0v) is 13.1. The van der Waals surface area contributed by atoms with E-state index in [0.29, 0.717) is 51.4 Å². The van der Waals surface area contributed by atoms with Gasteiger partial charge in [0.15, 0.2) is 0 Å². The van der Waals surface area contributed by atoms with Crippen molar-refractivity contribution in [1.29, 1.82) is 0 Å². The monoisotopic (exact) mass is 299 g/mol. The average Bonchev–Trinajstić information content (AvgIpc) is 2.37. The Morgan fingerprint density at radius 2 is 1.95 bits per heavy atom. The number of aliphatic hydroxyl groups is 2. The molecule has 2 aliphatic carbocycles. The Labute approximate surface area is 127 Å². The maximum atomic E-state index is 11.8. The molecule has 0 aromatic carbocycles. The van der Waals surface area contributed by atoms with Crippen molar-refractivity contribution in [3.05, 3.63) is 0 Å². The van der Waals surface area contributed by atoms with Crippen molar-refractivity contribution in [2.24, 2.45) is 5.92 Å². The van der Waals surface area contributed by atoms with Crippen molar-refractivity contribution >= 4 is 5.97 Å². The van der Waals surface area contributed by atoms with Crippen LogP contribution < -0.4 is 0 Å². The van der Waals surface area contributed by atoms with E-state index < -0.39 is 5.60 Å². The highest BCUT2D eigenvalue weighted by Crippen LogP contribution is 2.35. The number of carbonyl (C=O) groups is 1. The first-order chi connectivity index (χ1) is 10.1. The normalized spacial score (nSPS) is 30.2. The minimum Gasteiger partial charge on any atom is -0.466 e. The van der Waals surface area contributed by atoms with Crippen LogP contribution in [0.4, 0.5) is 0 Å². The van der Waals surface area contributed by atoms with Gasteiger partial charge in [-0.05, 0) is 45.4 Å². The highest BCUT2D eigenvalue weighted by atomic mass is 16.5. The Hall–Kier alpha value is -0.650. The zero-order valence-electron chi connectivity index (χ0n) is 13.1. The van der Waals surface area contributed by atoms with Crippen molar-refractivity contribution in [1.82, 2.24) is 4.90 Å². The van der Waals surface area contributed by atoms with Gasteiger partial charge in [-0.1, -0.05) is 6.42 Å². The van der Waals surface area contributed by atoms with Gasteiger partial charge in [-0.3, -0.25) is 9.69 Å². The number of ether oxygens (including phenoxy) is 1. The minimum atomic E-state index is -0.715. The van der Waals surface area contributed by atoms with Gasteiger partial charge in [-0.15, -0.1) is 0 Å². The predicted molar refractivity (Wildman–Crippen MR) is 79.8 cm³/mol. The number of hydrogen-bond acceptors (Lipinski definition) is 5. The summed E-state index contributed by atoms with van der Waals surface area (Å²) in [6.07, 6.45) is 6.27. The molecular weight excluding hydrogens is 270 g/mol. The lowest BCUT2D eigenvalue weighted by atomic mass is 9.78. The van der Waals surface area contributed by atoms with E-state index in [-0.39, 0.29) is 18.5 Å². The van der Waals surface area contributed by atoms with E-state index >= 15 is 0 Å². The van der Waals surface area contributed by atoms with E-state index in [1.807, 2.05) is 6.92 Å². The molecule has 122 valence electrons. The summed E-state index contributed by atoms with van der Waals surface area (Å²) in [5, 5.41) is 20.0. The maximum absolute atomic E-state index is 11.8. The number of rotatable bonds is 7. The molecule has 0 aromatic heterocycles. The molecule has 0 saturated heterocycles. The van der Waals surface area contributed by atoms with E-state index in [1.165, 1.54) is 19.3 Å². The summed E-state index contributed by atoms with van der Waals surface area (Å²) in [6.45, 7) is 3.63. The van der Waals surface area contributed by atoms with Crippen molar-refractivity contribution in [2.45, 2.75) is 63.5 Å². The first-order valence-corrected chi connectivity index (χ1v) is 8.32. The van der Waals surface area contributed by atoms with Gasteiger partial charge < -0.3 is 14.9 Å². The number of carbonyl (C=O) groups excluding carboxylic acids is 1. The molecule has 0 radical (unpaired) electrons. The highest BCUT2D eigenvalue weighted by molar-refractivity contribution is 5.72. The van der Waals surface area contributed by atoms with Gasteiger partial charge in [0.05, 0.1) is 24.7 Å². The quantitative estimate of drug-likeness (QED) is 0.694. The molecule has 0 heterocycles. The van der Waals surface area contributed by atoms with Crippen LogP contribution in [-0.4, -0.2) is 59.0 Å².